The van der Waals surface area contributed by atoms with Gasteiger partial charge < -0.3 is 15.2 Å². The fourth-order valence-corrected chi connectivity index (χ4v) is 2.12. The van der Waals surface area contributed by atoms with Crippen molar-refractivity contribution in [2.45, 2.75) is 32.5 Å². The highest BCUT2D eigenvalue weighted by Gasteiger charge is 2.07. The Bertz CT molecular complexity index is 568. The Morgan fingerprint density at radius 3 is 2.55 bits per heavy atom. The molecule has 118 valence electrons. The van der Waals surface area contributed by atoms with E-state index in [1.165, 1.54) is 12.1 Å². The predicted molar refractivity (Wildman–Crippen MR) is 85.2 cm³/mol. The molecule has 0 saturated heterocycles. The average Bonchev–Trinajstić information content (AvgIpc) is 2.56. The summed E-state index contributed by atoms with van der Waals surface area (Å²) in [5, 5.41) is 12.5. The largest absolute Gasteiger partial charge is 0.489 e. The Balaban J connectivity index is 1.97. The van der Waals surface area contributed by atoms with E-state index >= 15 is 0 Å². The maximum atomic E-state index is 12.9. The van der Waals surface area contributed by atoms with Crippen LogP contribution in [0.1, 0.15) is 24.5 Å². The van der Waals surface area contributed by atoms with Crippen LogP contribution in [0.4, 0.5) is 4.39 Å². The molecule has 2 aromatic rings. The van der Waals surface area contributed by atoms with Gasteiger partial charge in [0.2, 0.25) is 0 Å². The highest BCUT2D eigenvalue weighted by Crippen LogP contribution is 2.19. The monoisotopic (exact) mass is 303 g/mol. The first-order valence-electron chi connectivity index (χ1n) is 7.52. The van der Waals surface area contributed by atoms with Gasteiger partial charge in [-0.2, -0.15) is 0 Å². The first kappa shape index (κ1) is 16.5. The molecule has 2 aromatic carbocycles. The summed E-state index contributed by atoms with van der Waals surface area (Å²) >= 11 is 0. The summed E-state index contributed by atoms with van der Waals surface area (Å²) in [7, 11) is 0. The summed E-state index contributed by atoms with van der Waals surface area (Å²) in [4.78, 5) is 0. The van der Waals surface area contributed by atoms with Gasteiger partial charge in [-0.25, -0.2) is 4.39 Å². The van der Waals surface area contributed by atoms with Crippen molar-refractivity contribution in [3.63, 3.8) is 0 Å². The fourth-order valence-electron chi connectivity index (χ4n) is 2.12. The third-order valence-corrected chi connectivity index (χ3v) is 3.57. The van der Waals surface area contributed by atoms with Crippen molar-refractivity contribution in [2.75, 3.05) is 6.61 Å². The average molecular weight is 303 g/mol. The van der Waals surface area contributed by atoms with Crippen LogP contribution in [0.3, 0.4) is 0 Å². The molecule has 0 heterocycles. The molecule has 1 atom stereocenters. The molecule has 2 N–H and O–H groups in total. The van der Waals surface area contributed by atoms with Crippen LogP contribution in [0.15, 0.2) is 48.5 Å². The number of nitrogens with one attached hydrogen (secondary N) is 1. The summed E-state index contributed by atoms with van der Waals surface area (Å²) in [5.41, 5.74) is 1.96. The first-order valence-corrected chi connectivity index (χ1v) is 7.52. The Morgan fingerprint density at radius 2 is 1.86 bits per heavy atom. The lowest BCUT2D eigenvalue weighted by Gasteiger charge is -2.16. The van der Waals surface area contributed by atoms with Gasteiger partial charge in [-0.3, -0.25) is 0 Å². The van der Waals surface area contributed by atoms with E-state index < -0.39 is 0 Å². The topological polar surface area (TPSA) is 41.5 Å². The summed E-state index contributed by atoms with van der Waals surface area (Å²) in [6, 6.07) is 14.2. The van der Waals surface area contributed by atoms with Crippen LogP contribution in [0, 0.1) is 5.82 Å². The lowest BCUT2D eigenvalue weighted by molar-refractivity contribution is 0.237. The Hall–Kier alpha value is -1.91. The standard InChI is InChI=1S/C18H22FNO2/c1-2-17(12-21)20-11-15-5-3-4-6-18(15)22-13-14-7-9-16(19)10-8-14/h3-10,17,20-21H,2,11-13H2,1H3/t17-/m0/s1. The molecule has 0 aromatic heterocycles. The number of hydrogen-bond donors (Lipinski definition) is 2. The molecule has 0 aliphatic rings. The Labute approximate surface area is 130 Å². The molecule has 0 spiro atoms. The van der Waals surface area contributed by atoms with Crippen LogP contribution in [0.25, 0.3) is 0 Å². The second kappa shape index (κ2) is 8.51. The minimum Gasteiger partial charge on any atom is -0.489 e. The van der Waals surface area contributed by atoms with E-state index in [2.05, 4.69) is 5.32 Å². The molecule has 2 rings (SSSR count). The second-order valence-corrected chi connectivity index (χ2v) is 5.19. The maximum Gasteiger partial charge on any atom is 0.124 e. The molecule has 3 nitrogen and oxygen atoms in total. The summed E-state index contributed by atoms with van der Waals surface area (Å²) < 4.78 is 18.7. The highest BCUT2D eigenvalue weighted by atomic mass is 19.1. The van der Waals surface area contributed by atoms with Gasteiger partial charge in [-0.15, -0.1) is 0 Å². The lowest BCUT2D eigenvalue weighted by atomic mass is 10.1. The van der Waals surface area contributed by atoms with E-state index in [0.717, 1.165) is 23.3 Å². The Morgan fingerprint density at radius 1 is 1.14 bits per heavy atom. The number of para-hydroxylation sites is 1. The number of aliphatic hydroxyl groups is 1. The van der Waals surface area contributed by atoms with Crippen molar-refractivity contribution in [3.8, 4) is 5.75 Å². The molecule has 0 unspecified atom stereocenters. The van der Waals surface area contributed by atoms with Crippen molar-refractivity contribution >= 4 is 0 Å². The third kappa shape index (κ3) is 4.83. The van der Waals surface area contributed by atoms with E-state index in [-0.39, 0.29) is 18.5 Å². The number of benzene rings is 2. The molecule has 22 heavy (non-hydrogen) atoms. The minimum absolute atomic E-state index is 0.0881. The smallest absolute Gasteiger partial charge is 0.124 e. The third-order valence-electron chi connectivity index (χ3n) is 3.57. The zero-order valence-electron chi connectivity index (χ0n) is 12.8. The van der Waals surface area contributed by atoms with Crippen molar-refractivity contribution in [1.82, 2.24) is 5.32 Å². The molecule has 0 amide bonds. The zero-order valence-corrected chi connectivity index (χ0v) is 12.8. The SMILES string of the molecule is CC[C@@H](CO)NCc1ccccc1OCc1ccc(F)cc1. The molecule has 0 bridgehead atoms. The number of hydrogen-bond acceptors (Lipinski definition) is 3. The van der Waals surface area contributed by atoms with Crippen LogP contribution in [-0.2, 0) is 13.2 Å². The van der Waals surface area contributed by atoms with Gasteiger partial charge in [-0.1, -0.05) is 37.3 Å². The number of ether oxygens (including phenoxy) is 1. The van der Waals surface area contributed by atoms with E-state index in [1.807, 2.05) is 31.2 Å². The summed E-state index contributed by atoms with van der Waals surface area (Å²) in [5.74, 6) is 0.551. The van der Waals surface area contributed by atoms with Crippen molar-refractivity contribution in [2.24, 2.45) is 0 Å². The molecule has 0 aliphatic heterocycles. The normalized spacial score (nSPS) is 12.1. The van der Waals surface area contributed by atoms with Crippen LogP contribution < -0.4 is 10.1 Å². The molecule has 0 radical (unpaired) electrons. The first-order chi connectivity index (χ1) is 10.7. The van der Waals surface area contributed by atoms with Gasteiger partial charge >= 0.3 is 0 Å². The molecule has 0 saturated carbocycles. The fraction of sp³-hybridized carbons (Fsp3) is 0.333. The van der Waals surface area contributed by atoms with Crippen LogP contribution in [0.5, 0.6) is 5.75 Å². The predicted octanol–water partition coefficient (Wildman–Crippen LogP) is 3.27. The van der Waals surface area contributed by atoms with E-state index in [1.54, 1.807) is 12.1 Å². The van der Waals surface area contributed by atoms with E-state index in [4.69, 9.17) is 4.74 Å². The summed E-state index contributed by atoms with van der Waals surface area (Å²) in [6.45, 7) is 3.19. The van der Waals surface area contributed by atoms with Gasteiger partial charge in [0.05, 0.1) is 6.61 Å². The quantitative estimate of drug-likeness (QED) is 0.786. The Kier molecular flexibility index (Phi) is 6.37. The molecular weight excluding hydrogens is 281 g/mol. The second-order valence-electron chi connectivity index (χ2n) is 5.19. The van der Waals surface area contributed by atoms with Crippen LogP contribution in [-0.4, -0.2) is 17.8 Å². The van der Waals surface area contributed by atoms with E-state index in [9.17, 15) is 9.50 Å². The van der Waals surface area contributed by atoms with Gasteiger partial charge in [0.25, 0.3) is 0 Å². The highest BCUT2D eigenvalue weighted by molar-refractivity contribution is 5.33. The zero-order chi connectivity index (χ0) is 15.8. The molecule has 4 heteroatoms. The number of aliphatic hydroxyl groups excluding tert-OH is 1. The number of halogens is 1. The number of rotatable bonds is 8. The van der Waals surface area contributed by atoms with Gasteiger partial charge in [0.15, 0.2) is 0 Å². The van der Waals surface area contributed by atoms with Crippen LogP contribution >= 0.6 is 0 Å². The van der Waals surface area contributed by atoms with Gasteiger partial charge in [-0.05, 0) is 30.2 Å². The van der Waals surface area contributed by atoms with Gasteiger partial charge in [0.1, 0.15) is 18.2 Å². The van der Waals surface area contributed by atoms with Crippen LogP contribution in [0.2, 0.25) is 0 Å². The van der Waals surface area contributed by atoms with E-state index in [0.29, 0.717) is 13.2 Å². The maximum absolute atomic E-state index is 12.9. The lowest BCUT2D eigenvalue weighted by Crippen LogP contribution is -2.31. The van der Waals surface area contributed by atoms with Crippen molar-refractivity contribution < 1.29 is 14.2 Å². The van der Waals surface area contributed by atoms with Gasteiger partial charge in [0, 0.05) is 18.2 Å². The summed E-state index contributed by atoms with van der Waals surface area (Å²) in [6.07, 6.45) is 0.870. The molecular formula is C18H22FNO2. The molecule has 0 aliphatic carbocycles. The van der Waals surface area contributed by atoms with Crippen molar-refractivity contribution in [1.29, 1.82) is 0 Å². The minimum atomic E-state index is -0.247. The van der Waals surface area contributed by atoms with Crippen molar-refractivity contribution in [3.05, 3.63) is 65.5 Å². The molecule has 0 fully saturated rings.